The van der Waals surface area contributed by atoms with Crippen LogP contribution in [0.1, 0.15) is 43.0 Å². The van der Waals surface area contributed by atoms with Gasteiger partial charge in [0.25, 0.3) is 0 Å². The molecule has 5 heteroatoms. The molecule has 0 radical (unpaired) electrons. The Morgan fingerprint density at radius 2 is 1.96 bits per heavy atom. The normalized spacial score (nSPS) is 22.7. The molecule has 3 N–H and O–H groups in total. The van der Waals surface area contributed by atoms with E-state index in [2.05, 4.69) is 10.6 Å². The van der Waals surface area contributed by atoms with Gasteiger partial charge in [0.15, 0.2) is 0 Å². The van der Waals surface area contributed by atoms with Crippen LogP contribution in [-0.4, -0.2) is 22.8 Å². The number of amides is 2. The highest BCUT2D eigenvalue weighted by molar-refractivity contribution is 5.90. The Kier molecular flexibility index (Phi) is 4.11. The highest BCUT2D eigenvalue weighted by Crippen LogP contribution is 2.39. The van der Waals surface area contributed by atoms with Gasteiger partial charge in [-0.25, -0.2) is 4.79 Å². The fourth-order valence-corrected chi connectivity index (χ4v) is 3.99. The molecule has 4 rings (SSSR count). The van der Waals surface area contributed by atoms with E-state index in [1.54, 1.807) is 0 Å². The molecule has 2 atom stereocenters. The summed E-state index contributed by atoms with van der Waals surface area (Å²) in [4.78, 5) is 12.7. The van der Waals surface area contributed by atoms with Gasteiger partial charge in [-0.1, -0.05) is 30.3 Å². The van der Waals surface area contributed by atoms with Crippen LogP contribution >= 0.6 is 0 Å². The topological polar surface area (TPSA) is 70.6 Å². The number of carbonyl (C=O) groups excluding carboxylic acids is 1. The number of nitrogens with one attached hydrogen (secondary N) is 2. The van der Waals surface area contributed by atoms with Crippen molar-refractivity contribution in [3.63, 3.8) is 0 Å². The zero-order chi connectivity index (χ0) is 18.3. The number of para-hydroxylation sites is 1. The van der Waals surface area contributed by atoms with Crippen molar-refractivity contribution < 1.29 is 14.6 Å². The minimum Gasteiger partial charge on any atom is -0.487 e. The number of urea groups is 1. The van der Waals surface area contributed by atoms with Gasteiger partial charge in [0, 0.05) is 24.1 Å². The predicted octanol–water partition coefficient (Wildman–Crippen LogP) is 3.57. The summed E-state index contributed by atoms with van der Waals surface area (Å²) < 4.78 is 6.02. The summed E-state index contributed by atoms with van der Waals surface area (Å²) in [6.07, 6.45) is 1.56. The monoisotopic (exact) mass is 352 g/mol. The molecule has 2 amide bonds. The average molecular weight is 352 g/mol. The molecule has 1 aliphatic carbocycles. The fourth-order valence-electron chi connectivity index (χ4n) is 3.99. The Bertz CT molecular complexity index is 847. The van der Waals surface area contributed by atoms with E-state index in [1.807, 2.05) is 56.3 Å². The number of rotatable bonds is 2. The lowest BCUT2D eigenvalue weighted by Crippen LogP contribution is -2.42. The quantitative estimate of drug-likeness (QED) is 0.774. The second-order valence-corrected chi connectivity index (χ2v) is 7.76. The SMILES string of the molecule is CC1(C)C[C@@H](NC(=O)Nc2cccc3c2C[C@@H](O)C3)c2ccccc2O1. The summed E-state index contributed by atoms with van der Waals surface area (Å²) in [5, 5.41) is 16.0. The summed E-state index contributed by atoms with van der Waals surface area (Å²) in [6, 6.07) is 13.3. The lowest BCUT2D eigenvalue weighted by molar-refractivity contribution is 0.0683. The van der Waals surface area contributed by atoms with Crippen molar-refractivity contribution in [2.75, 3.05) is 5.32 Å². The number of benzene rings is 2. The lowest BCUT2D eigenvalue weighted by atomic mass is 9.90. The van der Waals surface area contributed by atoms with E-state index in [9.17, 15) is 9.90 Å². The minimum absolute atomic E-state index is 0.114. The number of hydrogen-bond acceptors (Lipinski definition) is 3. The molecule has 0 bridgehead atoms. The number of aliphatic hydroxyl groups is 1. The van der Waals surface area contributed by atoms with Crippen LogP contribution in [0.2, 0.25) is 0 Å². The second kappa shape index (κ2) is 6.32. The third kappa shape index (κ3) is 3.27. The van der Waals surface area contributed by atoms with E-state index in [-0.39, 0.29) is 23.8 Å². The van der Waals surface area contributed by atoms with Crippen molar-refractivity contribution in [1.29, 1.82) is 0 Å². The molecular weight excluding hydrogens is 328 g/mol. The second-order valence-electron chi connectivity index (χ2n) is 7.76. The Hall–Kier alpha value is -2.53. The van der Waals surface area contributed by atoms with Crippen LogP contribution in [0.25, 0.3) is 0 Å². The van der Waals surface area contributed by atoms with E-state index < -0.39 is 0 Å². The molecule has 1 heterocycles. The van der Waals surface area contributed by atoms with Crippen molar-refractivity contribution in [2.24, 2.45) is 0 Å². The van der Waals surface area contributed by atoms with Gasteiger partial charge in [0.05, 0.1) is 12.1 Å². The lowest BCUT2D eigenvalue weighted by Gasteiger charge is -2.37. The Morgan fingerprint density at radius 3 is 2.81 bits per heavy atom. The first kappa shape index (κ1) is 16.9. The van der Waals surface area contributed by atoms with Crippen LogP contribution in [0.3, 0.4) is 0 Å². The maximum Gasteiger partial charge on any atom is 0.319 e. The van der Waals surface area contributed by atoms with E-state index in [4.69, 9.17) is 4.74 Å². The highest BCUT2D eigenvalue weighted by atomic mass is 16.5. The first-order valence-corrected chi connectivity index (χ1v) is 9.05. The van der Waals surface area contributed by atoms with Gasteiger partial charge in [-0.2, -0.15) is 0 Å². The van der Waals surface area contributed by atoms with Crippen LogP contribution < -0.4 is 15.4 Å². The summed E-state index contributed by atoms with van der Waals surface area (Å²) in [7, 11) is 0. The smallest absolute Gasteiger partial charge is 0.319 e. The van der Waals surface area contributed by atoms with Crippen LogP contribution in [0.5, 0.6) is 5.75 Å². The van der Waals surface area contributed by atoms with Crippen molar-refractivity contribution in [3.8, 4) is 5.75 Å². The van der Waals surface area contributed by atoms with Gasteiger partial charge in [-0.3, -0.25) is 0 Å². The van der Waals surface area contributed by atoms with Crippen LogP contribution in [0.4, 0.5) is 10.5 Å². The zero-order valence-corrected chi connectivity index (χ0v) is 15.1. The third-order valence-electron chi connectivity index (χ3n) is 5.10. The van der Waals surface area contributed by atoms with Crippen LogP contribution in [-0.2, 0) is 12.8 Å². The molecule has 5 nitrogen and oxygen atoms in total. The standard InChI is InChI=1S/C21H24N2O3/c1-21(2)12-18(15-7-3-4-9-19(15)26-21)23-20(25)22-17-8-5-6-13-10-14(24)11-16(13)17/h3-9,14,18,24H,10-12H2,1-2H3,(H2,22,23,25)/t14-,18+/m0/s1. The Morgan fingerprint density at radius 1 is 1.15 bits per heavy atom. The number of hydrogen-bond donors (Lipinski definition) is 3. The van der Waals surface area contributed by atoms with E-state index >= 15 is 0 Å². The van der Waals surface area contributed by atoms with E-state index in [0.717, 1.165) is 28.1 Å². The highest BCUT2D eigenvalue weighted by Gasteiger charge is 2.34. The van der Waals surface area contributed by atoms with Gasteiger partial charge >= 0.3 is 6.03 Å². The summed E-state index contributed by atoms with van der Waals surface area (Å²) in [6.45, 7) is 4.06. The number of carbonyl (C=O) groups is 1. The van der Waals surface area contributed by atoms with Crippen LogP contribution in [0, 0.1) is 0 Å². The van der Waals surface area contributed by atoms with Gasteiger partial charge in [0.2, 0.25) is 0 Å². The molecule has 0 saturated carbocycles. The van der Waals surface area contributed by atoms with Crippen molar-refractivity contribution in [3.05, 3.63) is 59.2 Å². The Labute approximate surface area is 153 Å². The third-order valence-corrected chi connectivity index (χ3v) is 5.10. The minimum atomic E-state index is -0.362. The van der Waals surface area contributed by atoms with Crippen molar-refractivity contribution in [1.82, 2.24) is 5.32 Å². The fraction of sp³-hybridized carbons (Fsp3) is 0.381. The van der Waals surface area contributed by atoms with Crippen LogP contribution in [0.15, 0.2) is 42.5 Å². The molecule has 0 fully saturated rings. The summed E-state index contributed by atoms with van der Waals surface area (Å²) >= 11 is 0. The molecule has 0 saturated heterocycles. The molecule has 0 unspecified atom stereocenters. The maximum atomic E-state index is 12.7. The van der Waals surface area contributed by atoms with Crippen molar-refractivity contribution in [2.45, 2.75) is 50.9 Å². The molecule has 2 aromatic rings. The molecule has 1 aliphatic heterocycles. The van der Waals surface area contributed by atoms with Gasteiger partial charge < -0.3 is 20.5 Å². The van der Waals surface area contributed by atoms with Crippen molar-refractivity contribution >= 4 is 11.7 Å². The number of ether oxygens (including phenoxy) is 1. The first-order chi connectivity index (χ1) is 12.4. The zero-order valence-electron chi connectivity index (χ0n) is 15.1. The number of aliphatic hydroxyl groups excluding tert-OH is 1. The van der Waals surface area contributed by atoms with Gasteiger partial charge in [0.1, 0.15) is 11.4 Å². The van der Waals surface area contributed by atoms with Gasteiger partial charge in [-0.05, 0) is 43.5 Å². The molecule has 136 valence electrons. The average Bonchev–Trinajstić information content (AvgIpc) is 2.95. The first-order valence-electron chi connectivity index (χ1n) is 9.05. The molecular formula is C21H24N2O3. The summed E-state index contributed by atoms with van der Waals surface area (Å²) in [5.74, 6) is 0.817. The largest absolute Gasteiger partial charge is 0.487 e. The number of anilines is 1. The van der Waals surface area contributed by atoms with Gasteiger partial charge in [-0.15, -0.1) is 0 Å². The molecule has 2 aromatic carbocycles. The van der Waals surface area contributed by atoms with E-state index in [1.165, 1.54) is 0 Å². The Balaban J connectivity index is 1.52. The predicted molar refractivity (Wildman–Crippen MR) is 101 cm³/mol. The molecule has 26 heavy (non-hydrogen) atoms. The summed E-state index contributed by atoms with van der Waals surface area (Å²) in [5.41, 5.74) is 3.56. The van der Waals surface area contributed by atoms with E-state index in [0.29, 0.717) is 19.3 Å². The molecule has 0 aromatic heterocycles. The number of fused-ring (bicyclic) bond motifs is 2. The molecule has 2 aliphatic rings. The maximum absolute atomic E-state index is 12.7. The molecule has 0 spiro atoms.